The van der Waals surface area contributed by atoms with Gasteiger partial charge in [-0.25, -0.2) is 13.6 Å². The smallest absolute Gasteiger partial charge is 0.214 e. The molecule has 0 aromatic carbocycles. The summed E-state index contributed by atoms with van der Waals surface area (Å²) in [7, 11) is -3.46. The van der Waals surface area contributed by atoms with Crippen LogP contribution < -0.4 is 5.14 Å². The van der Waals surface area contributed by atoms with Crippen molar-refractivity contribution in [1.82, 2.24) is 9.78 Å². The maximum Gasteiger partial charge on any atom is 0.214 e. The van der Waals surface area contributed by atoms with E-state index in [0.717, 1.165) is 0 Å². The summed E-state index contributed by atoms with van der Waals surface area (Å²) in [6.45, 7) is 3.86. The molecule has 0 saturated heterocycles. The third kappa shape index (κ3) is 2.82. The van der Waals surface area contributed by atoms with Crippen molar-refractivity contribution in [3.05, 3.63) is 18.0 Å². The molecule has 13 heavy (non-hydrogen) atoms. The minimum absolute atomic E-state index is 0.145. The average molecular weight is 203 g/mol. The van der Waals surface area contributed by atoms with Crippen molar-refractivity contribution >= 4 is 10.0 Å². The zero-order valence-corrected chi connectivity index (χ0v) is 8.45. The molecule has 0 fully saturated rings. The lowest BCUT2D eigenvalue weighted by Gasteiger charge is -2.09. The van der Waals surface area contributed by atoms with E-state index in [2.05, 4.69) is 5.10 Å². The molecule has 0 aliphatic carbocycles. The topological polar surface area (TPSA) is 78.0 Å². The molecule has 0 aliphatic rings. The Labute approximate surface area is 77.6 Å². The normalized spacial score (nSPS) is 12.3. The van der Waals surface area contributed by atoms with Crippen LogP contribution in [0.4, 0.5) is 0 Å². The lowest BCUT2D eigenvalue weighted by molar-refractivity contribution is 0.514. The first-order chi connectivity index (χ1) is 5.90. The van der Waals surface area contributed by atoms with E-state index < -0.39 is 10.0 Å². The summed E-state index contributed by atoms with van der Waals surface area (Å²) in [5, 5.41) is 8.92. The lowest BCUT2D eigenvalue weighted by atomic mass is 10.4. The van der Waals surface area contributed by atoms with Gasteiger partial charge in [-0.3, -0.25) is 4.68 Å². The Morgan fingerprint density at radius 3 is 2.69 bits per heavy atom. The van der Waals surface area contributed by atoms with E-state index >= 15 is 0 Å². The van der Waals surface area contributed by atoms with E-state index in [9.17, 15) is 8.42 Å². The van der Waals surface area contributed by atoms with E-state index in [1.807, 2.05) is 13.8 Å². The Balaban J connectivity index is 2.96. The van der Waals surface area contributed by atoms with Crippen LogP contribution in [0.1, 0.15) is 25.6 Å². The molecule has 6 heteroatoms. The van der Waals surface area contributed by atoms with Crippen LogP contribution in [0.25, 0.3) is 0 Å². The molecule has 1 aromatic heterocycles. The molecule has 0 bridgehead atoms. The van der Waals surface area contributed by atoms with Gasteiger partial charge >= 0.3 is 0 Å². The van der Waals surface area contributed by atoms with Crippen molar-refractivity contribution in [2.75, 3.05) is 0 Å². The number of hydrogen-bond acceptors (Lipinski definition) is 3. The number of rotatable bonds is 3. The molecule has 74 valence electrons. The van der Waals surface area contributed by atoms with Crippen molar-refractivity contribution in [2.45, 2.75) is 25.6 Å². The summed E-state index contributed by atoms with van der Waals surface area (Å²) in [4.78, 5) is 0. The van der Waals surface area contributed by atoms with Gasteiger partial charge in [0.15, 0.2) is 0 Å². The van der Waals surface area contributed by atoms with Crippen LogP contribution in [0.3, 0.4) is 0 Å². The molecule has 1 aromatic rings. The standard InChI is InChI=1S/C7H13N3O2S/c1-6(2)10-7(3-4-9-10)5-13(8,11)12/h3-4,6H,5H2,1-2H3,(H2,8,11,12). The molecular formula is C7H13N3O2S. The molecule has 0 aliphatic heterocycles. The van der Waals surface area contributed by atoms with Crippen LogP contribution in [0.5, 0.6) is 0 Å². The Morgan fingerprint density at radius 2 is 2.23 bits per heavy atom. The Bertz CT molecular complexity index is 380. The highest BCUT2D eigenvalue weighted by molar-refractivity contribution is 7.88. The number of primary sulfonamides is 1. The van der Waals surface area contributed by atoms with Crippen molar-refractivity contribution in [3.8, 4) is 0 Å². The molecule has 0 amide bonds. The second kappa shape index (κ2) is 3.47. The van der Waals surface area contributed by atoms with E-state index in [1.54, 1.807) is 16.9 Å². The van der Waals surface area contributed by atoms with Gasteiger partial charge in [0.1, 0.15) is 5.75 Å². The summed E-state index contributed by atoms with van der Waals surface area (Å²) >= 11 is 0. The van der Waals surface area contributed by atoms with Gasteiger partial charge < -0.3 is 0 Å². The van der Waals surface area contributed by atoms with E-state index in [0.29, 0.717) is 5.69 Å². The highest BCUT2D eigenvalue weighted by Crippen LogP contribution is 2.09. The first-order valence-corrected chi connectivity index (χ1v) is 5.64. The van der Waals surface area contributed by atoms with Gasteiger partial charge in [0.05, 0.1) is 5.69 Å². The maximum absolute atomic E-state index is 10.8. The first kappa shape index (κ1) is 10.2. The van der Waals surface area contributed by atoms with Crippen LogP contribution in [0, 0.1) is 0 Å². The molecule has 0 saturated carbocycles. The molecule has 5 nitrogen and oxygen atoms in total. The second-order valence-corrected chi connectivity index (χ2v) is 4.78. The zero-order valence-electron chi connectivity index (χ0n) is 7.64. The summed E-state index contributed by atoms with van der Waals surface area (Å²) in [6, 6.07) is 1.80. The molecule has 0 atom stereocenters. The number of hydrogen-bond donors (Lipinski definition) is 1. The number of aromatic nitrogens is 2. The van der Waals surface area contributed by atoms with Crippen LogP contribution in [-0.4, -0.2) is 18.2 Å². The monoisotopic (exact) mass is 203 g/mol. The predicted molar refractivity (Wildman–Crippen MR) is 49.4 cm³/mol. The average Bonchev–Trinajstić information content (AvgIpc) is 2.31. The Hall–Kier alpha value is -0.880. The van der Waals surface area contributed by atoms with Crippen molar-refractivity contribution in [2.24, 2.45) is 5.14 Å². The van der Waals surface area contributed by atoms with Crippen LogP contribution in [0.15, 0.2) is 12.3 Å². The largest absolute Gasteiger partial charge is 0.266 e. The molecule has 0 radical (unpaired) electrons. The lowest BCUT2D eigenvalue weighted by Crippen LogP contribution is -2.18. The minimum atomic E-state index is -3.46. The van der Waals surface area contributed by atoms with E-state index in [1.165, 1.54) is 0 Å². The Morgan fingerprint density at radius 1 is 1.62 bits per heavy atom. The summed E-state index contributed by atoms with van der Waals surface area (Å²) < 4.78 is 23.3. The molecule has 2 N–H and O–H groups in total. The quantitative estimate of drug-likeness (QED) is 0.765. The van der Waals surface area contributed by atoms with Gasteiger partial charge in [-0.15, -0.1) is 0 Å². The fourth-order valence-electron chi connectivity index (χ4n) is 1.13. The Kier molecular flexibility index (Phi) is 2.72. The van der Waals surface area contributed by atoms with Crippen LogP contribution >= 0.6 is 0 Å². The predicted octanol–water partition coefficient (Wildman–Crippen LogP) is 0.253. The van der Waals surface area contributed by atoms with E-state index in [-0.39, 0.29) is 11.8 Å². The van der Waals surface area contributed by atoms with Gasteiger partial charge in [0.2, 0.25) is 10.0 Å². The molecule has 0 spiro atoms. The summed E-state index contributed by atoms with van der Waals surface area (Å²) in [5.74, 6) is -0.162. The summed E-state index contributed by atoms with van der Waals surface area (Å²) in [5.41, 5.74) is 0.623. The molecule has 1 rings (SSSR count). The molecule has 1 heterocycles. The minimum Gasteiger partial charge on any atom is -0.266 e. The second-order valence-electron chi connectivity index (χ2n) is 3.17. The fraction of sp³-hybridized carbons (Fsp3) is 0.571. The van der Waals surface area contributed by atoms with Gasteiger partial charge in [0, 0.05) is 12.2 Å². The number of nitrogens with zero attached hydrogens (tertiary/aromatic N) is 2. The SMILES string of the molecule is CC(C)n1nccc1CS(N)(=O)=O. The summed E-state index contributed by atoms with van der Waals surface area (Å²) in [6.07, 6.45) is 1.57. The van der Waals surface area contributed by atoms with Crippen molar-refractivity contribution in [3.63, 3.8) is 0 Å². The third-order valence-electron chi connectivity index (χ3n) is 1.59. The van der Waals surface area contributed by atoms with Gasteiger partial charge in [-0.05, 0) is 19.9 Å². The van der Waals surface area contributed by atoms with Gasteiger partial charge in [0.25, 0.3) is 0 Å². The highest BCUT2D eigenvalue weighted by Gasteiger charge is 2.11. The van der Waals surface area contributed by atoms with Crippen LogP contribution in [-0.2, 0) is 15.8 Å². The zero-order chi connectivity index (χ0) is 10.1. The van der Waals surface area contributed by atoms with E-state index in [4.69, 9.17) is 5.14 Å². The molecule has 0 unspecified atom stereocenters. The third-order valence-corrected chi connectivity index (χ3v) is 2.29. The number of nitrogens with two attached hydrogens (primary N) is 1. The molecular weight excluding hydrogens is 190 g/mol. The number of sulfonamides is 1. The van der Waals surface area contributed by atoms with Crippen LogP contribution in [0.2, 0.25) is 0 Å². The highest BCUT2D eigenvalue weighted by atomic mass is 32.2. The maximum atomic E-state index is 10.8. The fourth-order valence-corrected chi connectivity index (χ4v) is 1.77. The van der Waals surface area contributed by atoms with Gasteiger partial charge in [-0.2, -0.15) is 5.10 Å². The van der Waals surface area contributed by atoms with Crippen molar-refractivity contribution < 1.29 is 8.42 Å². The van der Waals surface area contributed by atoms with Crippen molar-refractivity contribution in [1.29, 1.82) is 0 Å². The first-order valence-electron chi connectivity index (χ1n) is 3.93. The van der Waals surface area contributed by atoms with Gasteiger partial charge in [-0.1, -0.05) is 0 Å².